The molecule has 2 aromatic rings. The van der Waals surface area contributed by atoms with Crippen LogP contribution >= 0.6 is 11.6 Å². The number of hydrogen-bond acceptors (Lipinski definition) is 8. The summed E-state index contributed by atoms with van der Waals surface area (Å²) >= 11 is 6.56. The second-order valence-corrected chi connectivity index (χ2v) is 12.5. The van der Waals surface area contributed by atoms with Crippen LogP contribution in [0.4, 0.5) is 15.9 Å². The maximum atomic E-state index is 14.3. The third kappa shape index (κ3) is 4.58. The predicted molar refractivity (Wildman–Crippen MR) is 148 cm³/mol. The van der Waals surface area contributed by atoms with Crippen LogP contribution < -0.4 is 14.5 Å². The van der Waals surface area contributed by atoms with Crippen LogP contribution in [0, 0.1) is 0 Å². The molecule has 3 saturated heterocycles. The molecule has 40 heavy (non-hydrogen) atoms. The van der Waals surface area contributed by atoms with Gasteiger partial charge in [0.15, 0.2) is 0 Å². The zero-order chi connectivity index (χ0) is 27.6. The van der Waals surface area contributed by atoms with E-state index < -0.39 is 12.3 Å². The Morgan fingerprint density at radius 2 is 1.98 bits per heavy atom. The number of phenols is 1. The Morgan fingerprint density at radius 3 is 2.80 bits per heavy atom. The largest absolute Gasteiger partial charge is 0.508 e. The molecule has 1 saturated carbocycles. The number of amides is 1. The highest BCUT2D eigenvalue weighted by atomic mass is 35.5. The Hall–Kier alpha value is -2.69. The number of nitrogens with zero attached hydrogens (tertiary/aromatic N) is 5. The van der Waals surface area contributed by atoms with E-state index in [-0.39, 0.29) is 35.7 Å². The van der Waals surface area contributed by atoms with E-state index in [1.807, 2.05) is 4.90 Å². The van der Waals surface area contributed by atoms with Crippen molar-refractivity contribution in [2.45, 2.75) is 81.6 Å². The summed E-state index contributed by atoms with van der Waals surface area (Å²) in [5, 5.41) is 21.4. The molecule has 3 atom stereocenters. The topological polar surface area (TPSA) is 102 Å². The van der Waals surface area contributed by atoms with E-state index in [1.54, 1.807) is 11.0 Å². The number of anilines is 2. The number of phenolic OH excluding ortho intramolecular Hbond substituents is 1. The normalized spacial score (nSPS) is 28.6. The lowest BCUT2D eigenvalue weighted by Gasteiger charge is -2.31. The maximum Gasteiger partial charge on any atom is 0.318 e. The van der Waals surface area contributed by atoms with Crippen molar-refractivity contribution in [1.82, 2.24) is 14.9 Å². The molecule has 2 N–H and O–H groups in total. The number of aliphatic hydroxyl groups excluding tert-OH is 1. The molecule has 1 aromatic carbocycles. The van der Waals surface area contributed by atoms with Crippen molar-refractivity contribution in [2.75, 3.05) is 42.6 Å². The molecular formula is C29H35ClFN5O4. The fourth-order valence-corrected chi connectivity index (χ4v) is 7.56. The Kier molecular flexibility index (Phi) is 6.55. The minimum Gasteiger partial charge on any atom is -0.508 e. The van der Waals surface area contributed by atoms with Crippen LogP contribution in [0.5, 0.6) is 11.8 Å². The smallest absolute Gasteiger partial charge is 0.318 e. The van der Waals surface area contributed by atoms with Crippen molar-refractivity contribution in [3.63, 3.8) is 0 Å². The minimum absolute atomic E-state index is 0.00207. The fraction of sp³-hybridized carbons (Fsp3) is 0.621. The average Bonchev–Trinajstić information content (AvgIpc) is 3.55. The van der Waals surface area contributed by atoms with Crippen LogP contribution in [0.3, 0.4) is 0 Å². The Bertz CT molecular complexity index is 1340. The van der Waals surface area contributed by atoms with E-state index in [0.29, 0.717) is 66.9 Å². The first-order valence-corrected chi connectivity index (χ1v) is 14.9. The van der Waals surface area contributed by atoms with Gasteiger partial charge in [0.05, 0.1) is 29.6 Å². The standard InChI is InChI=1S/C29H35ClFN5O4/c30-21-10-20(38)11-23(24(21)17-5-6-17)36-15-22-25(27(36)39)26(34-8-2-1-4-19(37)14-34)33-28(32-22)40-16-29-7-3-9-35(29)13-18(31)12-29/h10-11,17-19,37-38H,1-9,12-16H2/t18-,19+,29+/m1/s1. The Balaban J connectivity index is 1.25. The van der Waals surface area contributed by atoms with Gasteiger partial charge in [0.1, 0.15) is 29.9 Å². The van der Waals surface area contributed by atoms with Gasteiger partial charge in [-0.1, -0.05) is 11.6 Å². The van der Waals surface area contributed by atoms with Gasteiger partial charge in [0.25, 0.3) is 5.91 Å². The molecule has 0 radical (unpaired) electrons. The van der Waals surface area contributed by atoms with Crippen molar-refractivity contribution in [3.8, 4) is 11.8 Å². The molecule has 7 rings (SSSR count). The predicted octanol–water partition coefficient (Wildman–Crippen LogP) is 4.18. The monoisotopic (exact) mass is 571 g/mol. The van der Waals surface area contributed by atoms with Gasteiger partial charge in [-0.25, -0.2) is 4.39 Å². The van der Waals surface area contributed by atoms with Crippen LogP contribution in [0.25, 0.3) is 0 Å². The molecule has 1 aliphatic carbocycles. The van der Waals surface area contributed by atoms with E-state index in [2.05, 4.69) is 4.90 Å². The molecule has 0 bridgehead atoms. The van der Waals surface area contributed by atoms with Crippen molar-refractivity contribution >= 4 is 29.0 Å². The third-order valence-corrected chi connectivity index (χ3v) is 9.57. The van der Waals surface area contributed by atoms with Crippen LogP contribution in [-0.2, 0) is 6.54 Å². The third-order valence-electron chi connectivity index (χ3n) is 9.26. The lowest BCUT2D eigenvalue weighted by Crippen LogP contribution is -2.43. The molecule has 5 aliphatic rings. The second kappa shape index (κ2) is 9.99. The van der Waals surface area contributed by atoms with Gasteiger partial charge in [-0.05, 0) is 69.0 Å². The minimum atomic E-state index is -0.861. The van der Waals surface area contributed by atoms with Crippen LogP contribution in [-0.4, -0.2) is 81.6 Å². The van der Waals surface area contributed by atoms with E-state index in [4.69, 9.17) is 26.3 Å². The van der Waals surface area contributed by atoms with Gasteiger partial charge in [-0.3, -0.25) is 9.69 Å². The molecule has 9 nitrogen and oxygen atoms in total. The molecule has 0 unspecified atom stereocenters. The summed E-state index contributed by atoms with van der Waals surface area (Å²) in [5.74, 6) is 0.463. The first-order valence-electron chi connectivity index (χ1n) is 14.5. The average molecular weight is 572 g/mol. The highest BCUT2D eigenvalue weighted by Gasteiger charge is 2.49. The van der Waals surface area contributed by atoms with E-state index in [0.717, 1.165) is 50.6 Å². The molecule has 1 amide bonds. The van der Waals surface area contributed by atoms with E-state index >= 15 is 0 Å². The lowest BCUT2D eigenvalue weighted by atomic mass is 9.95. The number of aliphatic hydroxyl groups is 1. The zero-order valence-corrected chi connectivity index (χ0v) is 23.2. The molecule has 1 aromatic heterocycles. The van der Waals surface area contributed by atoms with Crippen molar-refractivity contribution in [2.24, 2.45) is 0 Å². The SMILES string of the molecule is O=C1c2c(nc(OC[C@@]34CCCN3C[C@H](F)C4)nc2N2CCCC[C@H](O)C2)CN1c1cc(O)cc(Cl)c1C1CC1. The van der Waals surface area contributed by atoms with Gasteiger partial charge in [-0.2, -0.15) is 9.97 Å². The van der Waals surface area contributed by atoms with Gasteiger partial charge in [-0.15, -0.1) is 0 Å². The molecule has 5 heterocycles. The van der Waals surface area contributed by atoms with Gasteiger partial charge in [0, 0.05) is 37.1 Å². The summed E-state index contributed by atoms with van der Waals surface area (Å²) in [4.78, 5) is 29.3. The van der Waals surface area contributed by atoms with E-state index in [9.17, 15) is 19.4 Å². The number of rotatable bonds is 6. The number of alkyl halides is 1. The highest BCUT2D eigenvalue weighted by Crippen LogP contribution is 2.50. The van der Waals surface area contributed by atoms with Crippen LogP contribution in [0.1, 0.15) is 78.9 Å². The molecule has 4 aliphatic heterocycles. The van der Waals surface area contributed by atoms with Crippen LogP contribution in [0.2, 0.25) is 5.02 Å². The maximum absolute atomic E-state index is 14.3. The quantitative estimate of drug-likeness (QED) is 0.532. The van der Waals surface area contributed by atoms with Crippen molar-refractivity contribution in [3.05, 3.63) is 34.0 Å². The number of aromatic nitrogens is 2. The van der Waals surface area contributed by atoms with Gasteiger partial charge in [0.2, 0.25) is 0 Å². The summed E-state index contributed by atoms with van der Waals surface area (Å²) < 4.78 is 20.6. The fourth-order valence-electron chi connectivity index (χ4n) is 7.20. The first kappa shape index (κ1) is 26.2. The van der Waals surface area contributed by atoms with Gasteiger partial charge >= 0.3 is 6.01 Å². The molecular weight excluding hydrogens is 537 g/mol. The number of carbonyl (C=O) groups excluding carboxylic acids is 1. The van der Waals surface area contributed by atoms with Crippen molar-refractivity contribution in [1.29, 1.82) is 0 Å². The number of β-amino-alcohol motifs (C(OH)–C–C–N with tert-alkyl or cyclic N) is 1. The van der Waals surface area contributed by atoms with E-state index in [1.165, 1.54) is 6.07 Å². The number of aromatic hydroxyl groups is 1. The number of ether oxygens (including phenoxy) is 1. The summed E-state index contributed by atoms with van der Waals surface area (Å²) in [5.41, 5.74) is 2.06. The summed E-state index contributed by atoms with van der Waals surface area (Å²) in [6.07, 6.45) is 5.37. The van der Waals surface area contributed by atoms with Crippen LogP contribution in [0.15, 0.2) is 12.1 Å². The summed E-state index contributed by atoms with van der Waals surface area (Å²) in [6, 6.07) is 3.30. The number of halogens is 2. The zero-order valence-electron chi connectivity index (χ0n) is 22.5. The number of fused-ring (bicyclic) bond motifs is 2. The number of hydrogen-bond donors (Lipinski definition) is 2. The highest BCUT2D eigenvalue weighted by molar-refractivity contribution is 6.32. The number of carbonyl (C=O) groups is 1. The molecule has 11 heteroatoms. The first-order chi connectivity index (χ1) is 19.3. The lowest BCUT2D eigenvalue weighted by molar-refractivity contribution is 0.0995. The second-order valence-electron chi connectivity index (χ2n) is 12.1. The molecule has 0 spiro atoms. The van der Waals surface area contributed by atoms with Gasteiger partial charge < -0.3 is 24.7 Å². The summed E-state index contributed by atoms with van der Waals surface area (Å²) in [6.45, 7) is 2.80. The van der Waals surface area contributed by atoms with Crippen molar-refractivity contribution < 1.29 is 24.1 Å². The summed E-state index contributed by atoms with van der Waals surface area (Å²) in [7, 11) is 0. The molecule has 214 valence electrons. The Morgan fingerprint density at radius 1 is 1.12 bits per heavy atom. The molecule has 4 fully saturated rings. The number of benzene rings is 1. The Labute approximate surface area is 237 Å².